The van der Waals surface area contributed by atoms with Crippen molar-refractivity contribution in [3.05, 3.63) is 58.6 Å². The molecule has 2 aromatic rings. The number of ketones is 1. The summed E-state index contributed by atoms with van der Waals surface area (Å²) in [6.07, 6.45) is 1.88. The van der Waals surface area contributed by atoms with Gasteiger partial charge in [-0.3, -0.25) is 9.00 Å². The first kappa shape index (κ1) is 20.6. The predicted octanol–water partition coefficient (Wildman–Crippen LogP) is 4.50. The Morgan fingerprint density at radius 3 is 2.35 bits per heavy atom. The van der Waals surface area contributed by atoms with Crippen molar-refractivity contribution in [2.45, 2.75) is 26.2 Å². The van der Waals surface area contributed by atoms with E-state index in [0.29, 0.717) is 43.0 Å². The van der Waals surface area contributed by atoms with Crippen LogP contribution in [-0.4, -0.2) is 27.7 Å². The lowest BCUT2D eigenvalue weighted by molar-refractivity contribution is 0.0988. The molecule has 0 fully saturated rings. The molecule has 2 aromatic carbocycles. The maximum Gasteiger partial charge on any atom is 0.162 e. The maximum absolute atomic E-state index is 11.6. The number of Topliss-reactive ketones (excluding diaryl/α,β-unsaturated/α-hetero) is 1. The van der Waals surface area contributed by atoms with E-state index in [1.54, 1.807) is 36.4 Å². The highest BCUT2D eigenvalue weighted by atomic mass is 79.9. The third-order valence-electron chi connectivity index (χ3n) is 3.82. The highest BCUT2D eigenvalue weighted by molar-refractivity contribution is 9.10. The molecule has 26 heavy (non-hydrogen) atoms. The summed E-state index contributed by atoms with van der Waals surface area (Å²) in [4.78, 5) is 11.6. The van der Waals surface area contributed by atoms with Crippen LogP contribution in [0.25, 0.3) is 0 Å². The summed E-state index contributed by atoms with van der Waals surface area (Å²) in [5, 5.41) is 0. The van der Waals surface area contributed by atoms with E-state index in [-0.39, 0.29) is 5.78 Å². The second kappa shape index (κ2) is 10.4. The van der Waals surface area contributed by atoms with Crippen molar-refractivity contribution in [3.63, 3.8) is 0 Å². The van der Waals surface area contributed by atoms with Crippen LogP contribution in [0.3, 0.4) is 0 Å². The number of halogens is 1. The number of benzene rings is 2. The Kier molecular flexibility index (Phi) is 8.28. The molecule has 0 heterocycles. The Morgan fingerprint density at radius 1 is 1.12 bits per heavy atom. The number of carbonyl (C=O) groups excluding carboxylic acids is 1. The molecule has 0 N–H and O–H groups in total. The van der Waals surface area contributed by atoms with Crippen LogP contribution in [-0.2, 0) is 11.3 Å². The smallest absolute Gasteiger partial charge is 0.162 e. The average Bonchev–Trinajstić information content (AvgIpc) is 2.65. The number of ether oxygens (including phenoxy) is 1. The van der Waals surface area contributed by atoms with Crippen LogP contribution in [0.15, 0.2) is 53.0 Å². The first-order chi connectivity index (χ1) is 12.5. The van der Waals surface area contributed by atoms with Gasteiger partial charge in [0.25, 0.3) is 0 Å². The molecule has 0 amide bonds. The van der Waals surface area contributed by atoms with E-state index in [1.165, 1.54) is 4.31 Å². The molecule has 1 atom stereocenters. The molecule has 140 valence electrons. The molecule has 7 heteroatoms. The van der Waals surface area contributed by atoms with Gasteiger partial charge in [0, 0.05) is 40.0 Å². The Bertz CT molecular complexity index is 734. The highest BCUT2D eigenvalue weighted by Crippen LogP contribution is 2.20. The van der Waals surface area contributed by atoms with E-state index in [9.17, 15) is 13.6 Å². The van der Waals surface area contributed by atoms with Gasteiger partial charge >= 0.3 is 0 Å². The molecule has 0 saturated heterocycles. The summed E-state index contributed by atoms with van der Waals surface area (Å²) in [6.45, 7) is 2.71. The monoisotopic (exact) mass is 438 g/mol. The van der Waals surface area contributed by atoms with Crippen LogP contribution >= 0.6 is 15.9 Å². The maximum atomic E-state index is 11.6. The van der Waals surface area contributed by atoms with Crippen LogP contribution in [0.5, 0.6) is 5.75 Å². The van der Waals surface area contributed by atoms with Crippen molar-refractivity contribution in [2.75, 3.05) is 17.5 Å². The molecule has 0 radical (unpaired) electrons. The van der Waals surface area contributed by atoms with Crippen molar-refractivity contribution in [3.8, 4) is 5.75 Å². The fraction of sp³-hybridized carbons (Fsp3) is 0.316. The Labute approximate surface area is 164 Å². The third-order valence-corrected chi connectivity index (χ3v) is 5.10. The summed E-state index contributed by atoms with van der Waals surface area (Å²) in [5.74, 6) is 0.810. The van der Waals surface area contributed by atoms with E-state index < -0.39 is 11.3 Å². The zero-order chi connectivity index (χ0) is 18.9. The lowest BCUT2D eigenvalue weighted by Gasteiger charge is -2.26. The van der Waals surface area contributed by atoms with Gasteiger partial charge in [-0.1, -0.05) is 22.9 Å². The summed E-state index contributed by atoms with van der Waals surface area (Å²) in [7, 11) is 0. The molecule has 0 aliphatic carbocycles. The number of unbranched alkanes of at least 4 members (excludes halogenated alkanes) is 1. The third kappa shape index (κ3) is 6.23. The molecule has 0 aromatic heterocycles. The van der Waals surface area contributed by atoms with E-state index in [4.69, 9.17) is 4.74 Å². The molecule has 5 nitrogen and oxygen atoms in total. The second-order valence-corrected chi connectivity index (χ2v) is 7.44. The molecule has 0 aliphatic heterocycles. The van der Waals surface area contributed by atoms with Gasteiger partial charge in [-0.15, -0.1) is 0 Å². The molecule has 0 aliphatic rings. The Balaban J connectivity index is 1.77. The first-order valence-corrected chi connectivity index (χ1v) is 10.2. The standard InChI is InChI=1S/C19H22BrNO4S/c1-2-19(22)15-5-11-18(12-6-15)25-14-4-3-13-21(26(23)24)17-9-7-16(20)8-10-17/h5-12H,2-4,13-14H2,1H3,(H,23,24)/p-1. The van der Waals surface area contributed by atoms with Crippen LogP contribution in [0, 0.1) is 0 Å². The normalized spacial score (nSPS) is 11.8. The van der Waals surface area contributed by atoms with Crippen molar-refractivity contribution in [1.29, 1.82) is 0 Å². The second-order valence-electron chi connectivity index (χ2n) is 5.65. The minimum atomic E-state index is -2.32. The lowest BCUT2D eigenvalue weighted by atomic mass is 10.1. The topological polar surface area (TPSA) is 69.7 Å². The molecular formula is C19H21BrNO4S-. The summed E-state index contributed by atoms with van der Waals surface area (Å²) < 4.78 is 30.8. The minimum Gasteiger partial charge on any atom is -0.755 e. The van der Waals surface area contributed by atoms with Gasteiger partial charge in [0.1, 0.15) is 5.75 Å². The Hall–Kier alpha value is -1.70. The van der Waals surface area contributed by atoms with Crippen LogP contribution in [0.4, 0.5) is 5.69 Å². The van der Waals surface area contributed by atoms with Gasteiger partial charge in [-0.05, 0) is 61.4 Å². The number of hydrogen-bond acceptors (Lipinski definition) is 4. The number of anilines is 1. The highest BCUT2D eigenvalue weighted by Gasteiger charge is 2.07. The van der Waals surface area contributed by atoms with E-state index in [0.717, 1.165) is 10.9 Å². The number of rotatable bonds is 10. The van der Waals surface area contributed by atoms with Gasteiger partial charge < -0.3 is 13.6 Å². The number of nitrogens with zero attached hydrogens (tertiary/aromatic N) is 1. The van der Waals surface area contributed by atoms with Crippen molar-refractivity contribution < 1.29 is 18.3 Å². The fourth-order valence-corrected chi connectivity index (χ4v) is 3.22. The van der Waals surface area contributed by atoms with Gasteiger partial charge in [0.15, 0.2) is 5.78 Å². The summed E-state index contributed by atoms with van der Waals surface area (Å²) >= 11 is 1.02. The van der Waals surface area contributed by atoms with E-state index in [2.05, 4.69) is 15.9 Å². The van der Waals surface area contributed by atoms with Gasteiger partial charge in [-0.2, -0.15) is 0 Å². The van der Waals surface area contributed by atoms with Gasteiger partial charge in [0.2, 0.25) is 0 Å². The molecule has 0 spiro atoms. The molecular weight excluding hydrogens is 418 g/mol. The molecule has 0 saturated carbocycles. The van der Waals surface area contributed by atoms with Crippen LogP contribution < -0.4 is 9.04 Å². The number of carbonyl (C=O) groups is 1. The first-order valence-electron chi connectivity index (χ1n) is 8.40. The fourth-order valence-electron chi connectivity index (χ4n) is 2.39. The number of hydrogen-bond donors (Lipinski definition) is 0. The zero-order valence-electron chi connectivity index (χ0n) is 14.5. The van der Waals surface area contributed by atoms with E-state index in [1.807, 2.05) is 19.1 Å². The van der Waals surface area contributed by atoms with Gasteiger partial charge in [-0.25, -0.2) is 0 Å². The van der Waals surface area contributed by atoms with Crippen molar-refractivity contribution in [1.82, 2.24) is 0 Å². The SMILES string of the molecule is CCC(=O)c1ccc(OCCCCN(c2ccc(Br)cc2)S(=O)[O-])cc1. The van der Waals surface area contributed by atoms with Crippen LogP contribution in [0.1, 0.15) is 36.5 Å². The minimum absolute atomic E-state index is 0.107. The lowest BCUT2D eigenvalue weighted by Crippen LogP contribution is -2.26. The van der Waals surface area contributed by atoms with Gasteiger partial charge in [0.05, 0.1) is 6.61 Å². The quantitative estimate of drug-likeness (QED) is 0.311. The summed E-state index contributed by atoms with van der Waals surface area (Å²) in [6, 6.07) is 14.2. The van der Waals surface area contributed by atoms with E-state index >= 15 is 0 Å². The Morgan fingerprint density at radius 2 is 1.77 bits per heavy atom. The van der Waals surface area contributed by atoms with Crippen molar-refractivity contribution in [2.24, 2.45) is 0 Å². The zero-order valence-corrected chi connectivity index (χ0v) is 16.9. The molecule has 2 rings (SSSR count). The average molecular weight is 439 g/mol. The molecule has 1 unspecified atom stereocenters. The molecule has 0 bridgehead atoms. The predicted molar refractivity (Wildman–Crippen MR) is 106 cm³/mol. The van der Waals surface area contributed by atoms with Crippen molar-refractivity contribution >= 4 is 38.7 Å². The summed E-state index contributed by atoms with van der Waals surface area (Å²) in [5.41, 5.74) is 1.32. The van der Waals surface area contributed by atoms with Crippen LogP contribution in [0.2, 0.25) is 0 Å². The largest absolute Gasteiger partial charge is 0.755 e.